The zero-order valence-corrected chi connectivity index (χ0v) is 7.95. The highest BCUT2D eigenvalue weighted by atomic mass is 16.3. The van der Waals surface area contributed by atoms with Gasteiger partial charge in [-0.1, -0.05) is 19.1 Å². The van der Waals surface area contributed by atoms with Crippen molar-refractivity contribution in [3.63, 3.8) is 0 Å². The van der Waals surface area contributed by atoms with E-state index in [0.717, 1.165) is 30.4 Å². The van der Waals surface area contributed by atoms with Crippen LogP contribution in [0.2, 0.25) is 0 Å². The predicted octanol–water partition coefficient (Wildman–Crippen LogP) is 1.88. The molecule has 0 heterocycles. The van der Waals surface area contributed by atoms with E-state index in [-0.39, 0.29) is 6.61 Å². The minimum absolute atomic E-state index is 0.207. The lowest BCUT2D eigenvalue weighted by Crippen LogP contribution is -1.95. The molecule has 0 fully saturated rings. The number of aliphatic hydroxyl groups excluding tert-OH is 1. The molecule has 0 saturated carbocycles. The third kappa shape index (κ3) is 2.46. The van der Waals surface area contributed by atoms with Crippen LogP contribution < -0.4 is 0 Å². The Morgan fingerprint density at radius 1 is 1.31 bits per heavy atom. The van der Waals surface area contributed by atoms with Gasteiger partial charge >= 0.3 is 0 Å². The third-order valence-electron chi connectivity index (χ3n) is 2.21. The van der Waals surface area contributed by atoms with Gasteiger partial charge in [0.05, 0.1) is 0 Å². The molecule has 0 aliphatic heterocycles. The van der Waals surface area contributed by atoms with Gasteiger partial charge in [-0.2, -0.15) is 0 Å². The lowest BCUT2D eigenvalue weighted by molar-refractivity contribution is 0.288. The van der Waals surface area contributed by atoms with Crippen molar-refractivity contribution in [1.82, 2.24) is 0 Å². The Morgan fingerprint density at radius 2 is 2.08 bits per heavy atom. The van der Waals surface area contributed by atoms with Crippen molar-refractivity contribution in [2.24, 2.45) is 0 Å². The van der Waals surface area contributed by atoms with Gasteiger partial charge in [0.25, 0.3) is 0 Å². The highest BCUT2D eigenvalue weighted by Crippen LogP contribution is 2.22. The van der Waals surface area contributed by atoms with E-state index >= 15 is 0 Å². The van der Waals surface area contributed by atoms with Gasteiger partial charge in [0.1, 0.15) is 5.75 Å². The summed E-state index contributed by atoms with van der Waals surface area (Å²) in [5, 5.41) is 18.2. The summed E-state index contributed by atoms with van der Waals surface area (Å²) in [6, 6.07) is 5.57. The Morgan fingerprint density at radius 3 is 2.69 bits per heavy atom. The number of aromatic hydroxyl groups is 1. The minimum Gasteiger partial charge on any atom is -0.508 e. The van der Waals surface area contributed by atoms with E-state index in [4.69, 9.17) is 5.11 Å². The van der Waals surface area contributed by atoms with Crippen molar-refractivity contribution >= 4 is 0 Å². The van der Waals surface area contributed by atoms with Crippen molar-refractivity contribution in [2.75, 3.05) is 6.61 Å². The van der Waals surface area contributed by atoms with Gasteiger partial charge in [-0.3, -0.25) is 0 Å². The number of hydrogen-bond donors (Lipinski definition) is 2. The van der Waals surface area contributed by atoms with Gasteiger partial charge in [-0.15, -0.1) is 0 Å². The molecule has 0 spiro atoms. The van der Waals surface area contributed by atoms with E-state index in [9.17, 15) is 5.11 Å². The lowest BCUT2D eigenvalue weighted by atomic mass is 10.0. The van der Waals surface area contributed by atoms with Crippen LogP contribution in [-0.4, -0.2) is 16.8 Å². The van der Waals surface area contributed by atoms with E-state index in [1.54, 1.807) is 6.07 Å². The first-order valence-corrected chi connectivity index (χ1v) is 4.70. The Kier molecular flexibility index (Phi) is 3.77. The Balaban J connectivity index is 2.85. The summed E-state index contributed by atoms with van der Waals surface area (Å²) in [4.78, 5) is 0. The predicted molar refractivity (Wildman–Crippen MR) is 52.9 cm³/mol. The molecular formula is C11H16O2. The summed E-state index contributed by atoms with van der Waals surface area (Å²) in [5.41, 5.74) is 2.16. The van der Waals surface area contributed by atoms with Crippen LogP contribution in [0, 0.1) is 0 Å². The van der Waals surface area contributed by atoms with Crippen LogP contribution in [0.5, 0.6) is 5.75 Å². The number of phenols is 1. The molecule has 2 N–H and O–H groups in total. The average molecular weight is 180 g/mol. The van der Waals surface area contributed by atoms with Crippen LogP contribution in [-0.2, 0) is 12.8 Å². The van der Waals surface area contributed by atoms with Crippen LogP contribution in [0.25, 0.3) is 0 Å². The van der Waals surface area contributed by atoms with Crippen LogP contribution in [0.3, 0.4) is 0 Å². The summed E-state index contributed by atoms with van der Waals surface area (Å²) < 4.78 is 0. The molecule has 13 heavy (non-hydrogen) atoms. The molecule has 0 aromatic heterocycles. The number of phenolic OH excluding ortho intramolecular Hbond substituents is 1. The molecule has 1 rings (SSSR count). The standard InChI is InChI=1S/C11H16O2/c1-2-10-9(6-4-8-12)5-3-7-11(10)13/h3,5,7,12-13H,2,4,6,8H2,1H3. The third-order valence-corrected chi connectivity index (χ3v) is 2.21. The van der Waals surface area contributed by atoms with Crippen molar-refractivity contribution in [1.29, 1.82) is 0 Å². The molecule has 0 radical (unpaired) electrons. The van der Waals surface area contributed by atoms with Crippen molar-refractivity contribution < 1.29 is 10.2 Å². The highest BCUT2D eigenvalue weighted by Gasteiger charge is 2.04. The first kappa shape index (κ1) is 10.1. The number of aryl methyl sites for hydroxylation is 1. The van der Waals surface area contributed by atoms with E-state index in [1.165, 1.54) is 0 Å². The van der Waals surface area contributed by atoms with Crippen LogP contribution >= 0.6 is 0 Å². The second-order valence-corrected chi connectivity index (χ2v) is 3.10. The summed E-state index contributed by atoms with van der Waals surface area (Å²) in [5.74, 6) is 0.373. The maximum atomic E-state index is 9.53. The van der Waals surface area contributed by atoms with Crippen molar-refractivity contribution in [3.8, 4) is 5.75 Å². The summed E-state index contributed by atoms with van der Waals surface area (Å²) in [6.45, 7) is 2.23. The smallest absolute Gasteiger partial charge is 0.119 e. The molecule has 0 aliphatic carbocycles. The summed E-state index contributed by atoms with van der Waals surface area (Å²) in [6.07, 6.45) is 2.44. The summed E-state index contributed by atoms with van der Waals surface area (Å²) in [7, 11) is 0. The second kappa shape index (κ2) is 4.87. The molecule has 0 aliphatic rings. The molecule has 0 saturated heterocycles. The number of rotatable bonds is 4. The van der Waals surface area contributed by atoms with Gasteiger partial charge in [-0.25, -0.2) is 0 Å². The second-order valence-electron chi connectivity index (χ2n) is 3.10. The Hall–Kier alpha value is -1.02. The zero-order chi connectivity index (χ0) is 9.68. The molecule has 0 unspecified atom stereocenters. The van der Waals surface area contributed by atoms with E-state index < -0.39 is 0 Å². The molecule has 0 bridgehead atoms. The maximum Gasteiger partial charge on any atom is 0.119 e. The Labute approximate surface area is 78.8 Å². The molecule has 0 amide bonds. The Bertz CT molecular complexity index is 269. The van der Waals surface area contributed by atoms with E-state index in [0.29, 0.717) is 5.75 Å². The number of benzene rings is 1. The molecule has 72 valence electrons. The average Bonchev–Trinajstić information content (AvgIpc) is 2.15. The molecule has 1 aromatic rings. The van der Waals surface area contributed by atoms with Gasteiger partial charge in [0.15, 0.2) is 0 Å². The largest absolute Gasteiger partial charge is 0.508 e. The normalized spacial score (nSPS) is 10.3. The topological polar surface area (TPSA) is 40.5 Å². The lowest BCUT2D eigenvalue weighted by Gasteiger charge is -2.08. The SMILES string of the molecule is CCc1c(O)cccc1CCCO. The molecule has 0 atom stereocenters. The highest BCUT2D eigenvalue weighted by molar-refractivity contribution is 5.39. The first-order chi connectivity index (χ1) is 6.29. The quantitative estimate of drug-likeness (QED) is 0.742. The minimum atomic E-state index is 0.207. The maximum absolute atomic E-state index is 9.53. The van der Waals surface area contributed by atoms with Crippen molar-refractivity contribution in [3.05, 3.63) is 29.3 Å². The van der Waals surface area contributed by atoms with Gasteiger partial charge in [0, 0.05) is 6.61 Å². The molecule has 1 aromatic carbocycles. The van der Waals surface area contributed by atoms with Crippen LogP contribution in [0.15, 0.2) is 18.2 Å². The van der Waals surface area contributed by atoms with Gasteiger partial charge in [-0.05, 0) is 36.5 Å². The van der Waals surface area contributed by atoms with E-state index in [1.807, 2.05) is 19.1 Å². The monoisotopic (exact) mass is 180 g/mol. The molecule has 2 nitrogen and oxygen atoms in total. The number of hydrogen-bond acceptors (Lipinski definition) is 2. The summed E-state index contributed by atoms with van der Waals surface area (Å²) >= 11 is 0. The first-order valence-electron chi connectivity index (χ1n) is 4.70. The van der Waals surface area contributed by atoms with Crippen LogP contribution in [0.1, 0.15) is 24.5 Å². The fraction of sp³-hybridized carbons (Fsp3) is 0.455. The fourth-order valence-electron chi connectivity index (χ4n) is 1.53. The van der Waals surface area contributed by atoms with Crippen molar-refractivity contribution in [2.45, 2.75) is 26.2 Å². The van der Waals surface area contributed by atoms with Crippen LogP contribution in [0.4, 0.5) is 0 Å². The van der Waals surface area contributed by atoms with Gasteiger partial charge < -0.3 is 10.2 Å². The van der Waals surface area contributed by atoms with E-state index in [2.05, 4.69) is 0 Å². The number of aliphatic hydroxyl groups is 1. The fourth-order valence-corrected chi connectivity index (χ4v) is 1.53. The zero-order valence-electron chi connectivity index (χ0n) is 7.95. The van der Waals surface area contributed by atoms with Gasteiger partial charge in [0.2, 0.25) is 0 Å². The molecular weight excluding hydrogens is 164 g/mol. The molecule has 2 heteroatoms.